The van der Waals surface area contributed by atoms with E-state index >= 15 is 0 Å². The van der Waals surface area contributed by atoms with E-state index in [2.05, 4.69) is 16.4 Å². The summed E-state index contributed by atoms with van der Waals surface area (Å²) in [5.74, 6) is 0.539. The summed E-state index contributed by atoms with van der Waals surface area (Å²) in [5.41, 5.74) is 2.34. The Morgan fingerprint density at radius 1 is 1.07 bits per heavy atom. The Labute approximate surface area is 160 Å². The third-order valence-electron chi connectivity index (χ3n) is 4.59. The number of piperazine rings is 1. The van der Waals surface area contributed by atoms with Crippen molar-refractivity contribution in [3.05, 3.63) is 78.4 Å². The molecule has 0 unspecified atom stereocenters. The van der Waals surface area contributed by atoms with Gasteiger partial charge in [-0.15, -0.1) is 6.58 Å². The molecule has 0 aliphatic carbocycles. The predicted octanol–water partition coefficient (Wildman–Crippen LogP) is 3.36. The van der Waals surface area contributed by atoms with Crippen LogP contribution in [0.1, 0.15) is 15.9 Å². The fraction of sp³-hybridized carbons (Fsp3) is 0.273. The number of carbonyl (C=O) groups excluding carboxylic acids is 1. The smallest absolute Gasteiger partial charge is 0.337 e. The number of ether oxygens (including phenoxy) is 1. The van der Waals surface area contributed by atoms with E-state index in [0.29, 0.717) is 5.56 Å². The Morgan fingerprint density at radius 3 is 2.44 bits per heavy atom. The van der Waals surface area contributed by atoms with Crippen molar-refractivity contribution in [3.8, 4) is 0 Å². The lowest BCUT2D eigenvalue weighted by Crippen LogP contribution is -2.48. The minimum absolute atomic E-state index is 0.341. The number of esters is 1. The lowest BCUT2D eigenvalue weighted by Gasteiger charge is -2.36. The Balaban J connectivity index is 1.93. The second-order valence-corrected chi connectivity index (χ2v) is 6.42. The van der Waals surface area contributed by atoms with Crippen LogP contribution in [0.5, 0.6) is 0 Å². The maximum Gasteiger partial charge on any atom is 0.337 e. The number of methoxy groups -OCH3 is 1. The molecule has 0 N–H and O–H groups in total. The highest BCUT2D eigenvalue weighted by atomic mass is 16.5. The Bertz CT molecular complexity index is 809. The molecule has 0 bridgehead atoms. The fourth-order valence-electron chi connectivity index (χ4n) is 3.17. The minimum Gasteiger partial charge on any atom is -0.465 e. The first-order valence-electron chi connectivity index (χ1n) is 9.12. The predicted molar refractivity (Wildman–Crippen MR) is 109 cm³/mol. The van der Waals surface area contributed by atoms with Crippen molar-refractivity contribution in [1.82, 2.24) is 9.80 Å². The van der Waals surface area contributed by atoms with Gasteiger partial charge in [-0.05, 0) is 24.3 Å². The zero-order valence-electron chi connectivity index (χ0n) is 15.7. The highest BCUT2D eigenvalue weighted by Gasteiger charge is 2.21. The van der Waals surface area contributed by atoms with Crippen LogP contribution in [-0.2, 0) is 4.74 Å². The number of aliphatic imine (C=N–C) groups is 1. The molecule has 3 rings (SSSR count). The first kappa shape index (κ1) is 18.9. The third-order valence-corrected chi connectivity index (χ3v) is 4.59. The summed E-state index contributed by atoms with van der Waals surface area (Å²) < 4.78 is 4.87. The summed E-state index contributed by atoms with van der Waals surface area (Å²) in [7, 11) is 1.40. The number of nitrogens with zero attached hydrogens (tertiary/aromatic N) is 3. The van der Waals surface area contributed by atoms with Gasteiger partial charge in [0.05, 0.1) is 18.4 Å². The molecule has 0 radical (unpaired) electrons. The number of carbonyl (C=O) groups is 1. The van der Waals surface area contributed by atoms with Crippen molar-refractivity contribution in [2.75, 3.05) is 39.8 Å². The van der Waals surface area contributed by atoms with Crippen molar-refractivity contribution < 1.29 is 9.53 Å². The van der Waals surface area contributed by atoms with Crippen LogP contribution in [0.15, 0.2) is 72.2 Å². The maximum atomic E-state index is 11.9. The normalized spacial score (nSPS) is 15.4. The van der Waals surface area contributed by atoms with E-state index in [-0.39, 0.29) is 5.97 Å². The van der Waals surface area contributed by atoms with Gasteiger partial charge in [0.25, 0.3) is 0 Å². The van der Waals surface area contributed by atoms with Crippen molar-refractivity contribution in [2.24, 2.45) is 4.99 Å². The van der Waals surface area contributed by atoms with Crippen LogP contribution in [0.25, 0.3) is 0 Å². The molecular formula is C22H25N3O2. The summed E-state index contributed by atoms with van der Waals surface area (Å²) in [6.45, 7) is 8.39. The molecule has 27 heavy (non-hydrogen) atoms. The Kier molecular flexibility index (Phi) is 6.39. The molecule has 5 nitrogen and oxygen atoms in total. The van der Waals surface area contributed by atoms with Crippen LogP contribution < -0.4 is 0 Å². The molecule has 0 saturated carbocycles. The first-order valence-corrected chi connectivity index (χ1v) is 9.12. The molecular weight excluding hydrogens is 338 g/mol. The average Bonchev–Trinajstić information content (AvgIpc) is 2.73. The molecule has 0 aromatic heterocycles. The van der Waals surface area contributed by atoms with Gasteiger partial charge in [-0.1, -0.05) is 36.4 Å². The summed E-state index contributed by atoms with van der Waals surface area (Å²) >= 11 is 0. The molecule has 0 atom stereocenters. The van der Waals surface area contributed by atoms with Crippen LogP contribution in [-0.4, -0.2) is 61.4 Å². The molecule has 1 aliphatic rings. The molecule has 0 amide bonds. The van der Waals surface area contributed by atoms with Gasteiger partial charge in [0, 0.05) is 38.3 Å². The number of amidine groups is 1. The summed E-state index contributed by atoms with van der Waals surface area (Å²) in [6, 6.07) is 17.4. The zero-order chi connectivity index (χ0) is 19.1. The van der Waals surface area contributed by atoms with Gasteiger partial charge in [0.2, 0.25) is 0 Å². The van der Waals surface area contributed by atoms with Gasteiger partial charge in [-0.25, -0.2) is 9.79 Å². The van der Waals surface area contributed by atoms with Crippen LogP contribution in [0, 0.1) is 0 Å². The van der Waals surface area contributed by atoms with Crippen LogP contribution >= 0.6 is 0 Å². The van der Waals surface area contributed by atoms with Gasteiger partial charge in [0.1, 0.15) is 5.84 Å². The summed E-state index contributed by atoms with van der Waals surface area (Å²) in [5, 5.41) is 0. The SMILES string of the molecule is C=CCN1CCN(C(=Nc2ccccc2)c2cccc(C(=O)OC)c2)CC1. The molecule has 1 saturated heterocycles. The number of para-hydroxylation sites is 1. The van der Waals surface area contributed by atoms with Gasteiger partial charge in [0.15, 0.2) is 0 Å². The lowest BCUT2D eigenvalue weighted by atomic mass is 10.1. The second kappa shape index (κ2) is 9.14. The van der Waals surface area contributed by atoms with Gasteiger partial charge >= 0.3 is 5.97 Å². The van der Waals surface area contributed by atoms with Crippen molar-refractivity contribution >= 4 is 17.5 Å². The Morgan fingerprint density at radius 2 is 1.78 bits per heavy atom. The quantitative estimate of drug-likeness (QED) is 0.354. The van der Waals surface area contributed by atoms with E-state index in [4.69, 9.17) is 9.73 Å². The van der Waals surface area contributed by atoms with Crippen molar-refractivity contribution in [3.63, 3.8) is 0 Å². The summed E-state index contributed by atoms with van der Waals surface area (Å²) in [6.07, 6.45) is 1.94. The molecule has 2 aromatic carbocycles. The van der Waals surface area contributed by atoms with Crippen molar-refractivity contribution in [2.45, 2.75) is 0 Å². The first-order chi connectivity index (χ1) is 13.2. The van der Waals surface area contributed by atoms with E-state index in [9.17, 15) is 4.79 Å². The second-order valence-electron chi connectivity index (χ2n) is 6.42. The standard InChI is InChI=1S/C22H25N3O2/c1-3-12-24-13-15-25(16-14-24)21(23-20-10-5-4-6-11-20)18-8-7-9-19(17-18)22(26)27-2/h3-11,17H,1,12-16H2,2H3. The van der Waals surface area contributed by atoms with Crippen molar-refractivity contribution in [1.29, 1.82) is 0 Å². The van der Waals surface area contributed by atoms with E-state index < -0.39 is 0 Å². The molecule has 2 aromatic rings. The lowest BCUT2D eigenvalue weighted by molar-refractivity contribution is 0.0600. The number of hydrogen-bond acceptors (Lipinski definition) is 4. The molecule has 140 valence electrons. The Hall–Kier alpha value is -2.92. The minimum atomic E-state index is -0.341. The third kappa shape index (κ3) is 4.83. The molecule has 0 spiro atoms. The van der Waals surface area contributed by atoms with Gasteiger partial charge in [-0.3, -0.25) is 4.90 Å². The monoisotopic (exact) mass is 363 g/mol. The molecule has 1 heterocycles. The number of benzene rings is 2. The highest BCUT2D eigenvalue weighted by molar-refractivity contribution is 6.02. The van der Waals surface area contributed by atoms with Crippen LogP contribution in [0.2, 0.25) is 0 Å². The molecule has 1 aliphatic heterocycles. The van der Waals surface area contributed by atoms with Gasteiger partial charge in [-0.2, -0.15) is 0 Å². The van der Waals surface area contributed by atoms with Crippen LogP contribution in [0.4, 0.5) is 5.69 Å². The van der Waals surface area contributed by atoms with Gasteiger partial charge < -0.3 is 9.64 Å². The summed E-state index contributed by atoms with van der Waals surface area (Å²) in [4.78, 5) is 21.5. The number of rotatable bonds is 5. The molecule has 1 fully saturated rings. The fourth-order valence-corrected chi connectivity index (χ4v) is 3.17. The van der Waals surface area contributed by atoms with Crippen LogP contribution in [0.3, 0.4) is 0 Å². The maximum absolute atomic E-state index is 11.9. The highest BCUT2D eigenvalue weighted by Crippen LogP contribution is 2.18. The molecule has 5 heteroatoms. The van der Waals surface area contributed by atoms with E-state index in [1.54, 1.807) is 6.07 Å². The van der Waals surface area contributed by atoms with E-state index in [1.807, 2.05) is 54.6 Å². The largest absolute Gasteiger partial charge is 0.465 e. The topological polar surface area (TPSA) is 45.1 Å². The van der Waals surface area contributed by atoms with E-state index in [1.165, 1.54) is 7.11 Å². The number of hydrogen-bond donors (Lipinski definition) is 0. The average molecular weight is 363 g/mol. The zero-order valence-corrected chi connectivity index (χ0v) is 15.7. The van der Waals surface area contributed by atoms with E-state index in [0.717, 1.165) is 49.8 Å².